The van der Waals surface area contributed by atoms with Crippen molar-refractivity contribution in [2.75, 3.05) is 19.5 Å². The zero-order valence-corrected chi connectivity index (χ0v) is 13.3. The minimum absolute atomic E-state index is 0.181. The van der Waals surface area contributed by atoms with Crippen LogP contribution in [0, 0.1) is 11.3 Å². The van der Waals surface area contributed by atoms with Gasteiger partial charge in [0.1, 0.15) is 11.5 Å². The number of benzene rings is 1. The second-order valence-electron chi connectivity index (χ2n) is 5.48. The molecular weight excluding hydrogens is 288 g/mol. The van der Waals surface area contributed by atoms with Gasteiger partial charge in [0, 0.05) is 6.07 Å². The number of rotatable bonds is 5. The van der Waals surface area contributed by atoms with Crippen molar-refractivity contribution in [1.29, 1.82) is 0 Å². The number of nitrogens with two attached hydrogens (primary N) is 1. The van der Waals surface area contributed by atoms with Crippen LogP contribution < -0.4 is 20.5 Å². The van der Waals surface area contributed by atoms with Gasteiger partial charge in [-0.1, -0.05) is 19.1 Å². The number of carbonyl (C=O) groups is 1. The van der Waals surface area contributed by atoms with Crippen molar-refractivity contribution in [1.82, 2.24) is 0 Å². The summed E-state index contributed by atoms with van der Waals surface area (Å²) in [4.78, 5) is 12.8. The van der Waals surface area contributed by atoms with Crippen molar-refractivity contribution >= 4 is 28.8 Å². The Morgan fingerprint density at radius 2 is 2.05 bits per heavy atom. The highest BCUT2D eigenvalue weighted by molar-refractivity contribution is 7.80. The molecule has 0 aromatic heterocycles. The Kier molecular flexibility index (Phi) is 4.37. The summed E-state index contributed by atoms with van der Waals surface area (Å²) in [7, 11) is 3.11. The normalized spacial score (nSPS) is 23.9. The maximum Gasteiger partial charge on any atom is 0.237 e. The Morgan fingerprint density at radius 3 is 2.52 bits per heavy atom. The first-order valence-electron chi connectivity index (χ1n) is 6.76. The fraction of sp³-hybridized carbons (Fsp3) is 0.467. The van der Waals surface area contributed by atoms with Gasteiger partial charge in [0.15, 0.2) is 0 Å². The van der Waals surface area contributed by atoms with Crippen LogP contribution in [0.4, 0.5) is 5.69 Å². The maximum absolute atomic E-state index is 12.6. The third kappa shape index (κ3) is 2.81. The van der Waals surface area contributed by atoms with Crippen molar-refractivity contribution < 1.29 is 14.3 Å². The quantitative estimate of drug-likeness (QED) is 0.817. The molecule has 1 aliphatic rings. The molecule has 21 heavy (non-hydrogen) atoms. The molecule has 3 N–H and O–H groups in total. The predicted molar refractivity (Wildman–Crippen MR) is 85.8 cm³/mol. The lowest BCUT2D eigenvalue weighted by atomic mass is 9.62. The first-order valence-corrected chi connectivity index (χ1v) is 7.17. The van der Waals surface area contributed by atoms with Crippen LogP contribution in [0.25, 0.3) is 0 Å². The first-order chi connectivity index (χ1) is 9.92. The van der Waals surface area contributed by atoms with Crippen molar-refractivity contribution in [2.45, 2.75) is 19.8 Å². The van der Waals surface area contributed by atoms with Crippen LogP contribution in [-0.4, -0.2) is 25.1 Å². The highest BCUT2D eigenvalue weighted by atomic mass is 32.1. The Balaban J connectivity index is 2.25. The molecule has 0 heterocycles. The molecule has 1 amide bonds. The fourth-order valence-electron chi connectivity index (χ4n) is 2.78. The first kappa shape index (κ1) is 15.6. The highest BCUT2D eigenvalue weighted by Gasteiger charge is 2.51. The van der Waals surface area contributed by atoms with E-state index >= 15 is 0 Å². The number of thiocarbonyl (C=S) groups is 1. The third-order valence-electron chi connectivity index (χ3n) is 3.95. The molecule has 5 nitrogen and oxygen atoms in total. The second kappa shape index (κ2) is 5.89. The van der Waals surface area contributed by atoms with Crippen LogP contribution >= 0.6 is 12.2 Å². The summed E-state index contributed by atoms with van der Waals surface area (Å²) in [5.74, 6) is 1.47. The number of nitrogens with one attached hydrogen (secondary N) is 1. The molecule has 0 atom stereocenters. The van der Waals surface area contributed by atoms with E-state index in [1.807, 2.05) is 0 Å². The van der Waals surface area contributed by atoms with Gasteiger partial charge in [0.25, 0.3) is 0 Å². The van der Waals surface area contributed by atoms with Crippen molar-refractivity contribution in [3.05, 3.63) is 18.2 Å². The van der Waals surface area contributed by atoms with E-state index < -0.39 is 5.41 Å². The number of amides is 1. The van der Waals surface area contributed by atoms with E-state index in [4.69, 9.17) is 27.4 Å². The van der Waals surface area contributed by atoms with E-state index in [2.05, 4.69) is 12.2 Å². The minimum Gasteiger partial charge on any atom is -0.497 e. The summed E-state index contributed by atoms with van der Waals surface area (Å²) in [6.07, 6.45) is 1.36. The summed E-state index contributed by atoms with van der Waals surface area (Å²) in [6, 6.07) is 5.22. The Bertz CT molecular complexity index is 568. The minimum atomic E-state index is -0.747. The van der Waals surface area contributed by atoms with Crippen molar-refractivity contribution in [3.63, 3.8) is 0 Å². The molecule has 0 radical (unpaired) electrons. The summed E-state index contributed by atoms with van der Waals surface area (Å²) in [6.45, 7) is 2.08. The lowest BCUT2D eigenvalue weighted by Crippen LogP contribution is -2.53. The van der Waals surface area contributed by atoms with Gasteiger partial charge in [-0.25, -0.2) is 0 Å². The Labute approximate surface area is 129 Å². The summed E-state index contributed by atoms with van der Waals surface area (Å²) < 4.78 is 10.4. The standard InChI is InChI=1S/C15H20N2O3S/c1-9-7-15(8-9,13(16)21)14(18)17-11-6-10(19-2)4-5-12(11)20-3/h4-6,9H,7-8H2,1-3H3,(H2,16,21)(H,17,18). The van der Waals surface area contributed by atoms with E-state index in [1.54, 1.807) is 32.4 Å². The molecule has 1 aromatic rings. The van der Waals surface area contributed by atoms with E-state index in [0.717, 1.165) is 0 Å². The number of ether oxygens (including phenoxy) is 2. The molecule has 1 aromatic carbocycles. The third-order valence-corrected chi connectivity index (χ3v) is 4.35. The van der Waals surface area contributed by atoms with Gasteiger partial charge in [-0.3, -0.25) is 4.79 Å². The van der Waals surface area contributed by atoms with Gasteiger partial charge in [-0.2, -0.15) is 0 Å². The van der Waals surface area contributed by atoms with Crippen LogP contribution in [0.1, 0.15) is 19.8 Å². The monoisotopic (exact) mass is 308 g/mol. The van der Waals surface area contributed by atoms with Gasteiger partial charge in [-0.15, -0.1) is 0 Å². The summed E-state index contributed by atoms with van der Waals surface area (Å²) in [5.41, 5.74) is 5.60. The number of anilines is 1. The van der Waals surface area contributed by atoms with Gasteiger partial charge in [0.05, 0.1) is 30.3 Å². The summed E-state index contributed by atoms with van der Waals surface area (Å²) >= 11 is 5.10. The molecule has 2 rings (SSSR count). The van der Waals surface area contributed by atoms with E-state index in [0.29, 0.717) is 35.9 Å². The Morgan fingerprint density at radius 1 is 1.38 bits per heavy atom. The average molecular weight is 308 g/mol. The fourth-order valence-corrected chi connectivity index (χ4v) is 3.04. The molecule has 0 unspecified atom stereocenters. The van der Waals surface area contributed by atoms with E-state index in [-0.39, 0.29) is 10.9 Å². The second-order valence-corrected chi connectivity index (χ2v) is 5.92. The van der Waals surface area contributed by atoms with Crippen LogP contribution in [0.15, 0.2) is 18.2 Å². The van der Waals surface area contributed by atoms with Crippen LogP contribution in [0.5, 0.6) is 11.5 Å². The van der Waals surface area contributed by atoms with E-state index in [1.165, 1.54) is 0 Å². The summed E-state index contributed by atoms with van der Waals surface area (Å²) in [5, 5.41) is 2.87. The zero-order valence-electron chi connectivity index (χ0n) is 12.4. The van der Waals surface area contributed by atoms with Crippen molar-refractivity contribution in [2.24, 2.45) is 17.1 Å². The molecule has 114 valence electrons. The number of methoxy groups -OCH3 is 2. The SMILES string of the molecule is COc1ccc(OC)c(NC(=O)C2(C(N)=S)CC(C)C2)c1. The maximum atomic E-state index is 12.6. The average Bonchev–Trinajstić information content (AvgIpc) is 2.42. The van der Waals surface area contributed by atoms with Crippen LogP contribution in [0.3, 0.4) is 0 Å². The number of hydrogen-bond acceptors (Lipinski definition) is 4. The molecule has 0 bridgehead atoms. The van der Waals surface area contributed by atoms with Crippen molar-refractivity contribution in [3.8, 4) is 11.5 Å². The van der Waals surface area contributed by atoms with Crippen LogP contribution in [-0.2, 0) is 4.79 Å². The molecule has 1 saturated carbocycles. The molecular formula is C15H20N2O3S. The molecule has 0 saturated heterocycles. The molecule has 0 aliphatic heterocycles. The van der Waals surface area contributed by atoms with Gasteiger partial charge in [-0.05, 0) is 30.9 Å². The Hall–Kier alpha value is -1.82. The molecule has 6 heteroatoms. The number of hydrogen-bond donors (Lipinski definition) is 2. The molecule has 1 fully saturated rings. The largest absolute Gasteiger partial charge is 0.497 e. The lowest BCUT2D eigenvalue weighted by molar-refractivity contribution is -0.127. The van der Waals surface area contributed by atoms with Gasteiger partial charge < -0.3 is 20.5 Å². The van der Waals surface area contributed by atoms with E-state index in [9.17, 15) is 4.79 Å². The predicted octanol–water partition coefficient (Wildman–Crippen LogP) is 2.34. The number of carbonyl (C=O) groups excluding carboxylic acids is 1. The molecule has 0 spiro atoms. The van der Waals surface area contributed by atoms with Crippen LogP contribution in [0.2, 0.25) is 0 Å². The van der Waals surface area contributed by atoms with Gasteiger partial charge in [0.2, 0.25) is 5.91 Å². The highest BCUT2D eigenvalue weighted by Crippen LogP contribution is 2.47. The van der Waals surface area contributed by atoms with Gasteiger partial charge >= 0.3 is 0 Å². The smallest absolute Gasteiger partial charge is 0.237 e. The lowest BCUT2D eigenvalue weighted by Gasteiger charge is -2.44. The topological polar surface area (TPSA) is 73.6 Å². The zero-order chi connectivity index (χ0) is 15.6. The molecule has 1 aliphatic carbocycles.